The van der Waals surface area contributed by atoms with Gasteiger partial charge in [0.05, 0.1) is 17.3 Å². The summed E-state index contributed by atoms with van der Waals surface area (Å²) in [4.78, 5) is 11.5. The molecular weight excluding hydrogens is 469 g/mol. The third-order valence-corrected chi connectivity index (χ3v) is 7.93. The first-order valence-corrected chi connectivity index (χ1v) is 13.2. The van der Waals surface area contributed by atoms with Crippen molar-refractivity contribution in [1.29, 1.82) is 0 Å². The van der Waals surface area contributed by atoms with E-state index in [1.165, 1.54) is 6.07 Å². The molecule has 35 heavy (non-hydrogen) atoms. The van der Waals surface area contributed by atoms with Gasteiger partial charge in [-0.2, -0.15) is 0 Å². The number of rotatable bonds is 8. The maximum absolute atomic E-state index is 14.5. The van der Waals surface area contributed by atoms with Crippen LogP contribution < -0.4 is 10.6 Å². The SMILES string of the molecule is CN(C1CCC(Nc2cc(-c3ccc(F)c(NCC4CCOCC4)n3)c(Cl)cn2)CC1)C1CCO1. The molecule has 0 bridgehead atoms. The van der Waals surface area contributed by atoms with Crippen LogP contribution in [0.2, 0.25) is 5.02 Å². The summed E-state index contributed by atoms with van der Waals surface area (Å²) in [5.41, 5.74) is 1.37. The van der Waals surface area contributed by atoms with Crippen LogP contribution in [0, 0.1) is 11.7 Å². The lowest BCUT2D eigenvalue weighted by Gasteiger charge is -2.42. The molecule has 2 N–H and O–H groups in total. The first-order valence-electron chi connectivity index (χ1n) is 12.8. The number of halogens is 2. The number of nitrogens with one attached hydrogen (secondary N) is 2. The number of hydrogen-bond acceptors (Lipinski definition) is 7. The summed E-state index contributed by atoms with van der Waals surface area (Å²) < 4.78 is 25.5. The highest BCUT2D eigenvalue weighted by Crippen LogP contribution is 2.32. The van der Waals surface area contributed by atoms with Crippen molar-refractivity contribution in [3.8, 4) is 11.3 Å². The molecule has 4 heterocycles. The van der Waals surface area contributed by atoms with Crippen molar-refractivity contribution >= 4 is 23.2 Å². The largest absolute Gasteiger partial charge is 0.381 e. The predicted octanol–water partition coefficient (Wildman–Crippen LogP) is 5.18. The van der Waals surface area contributed by atoms with E-state index >= 15 is 0 Å². The van der Waals surface area contributed by atoms with Gasteiger partial charge in [0.25, 0.3) is 0 Å². The van der Waals surface area contributed by atoms with Crippen molar-refractivity contribution in [1.82, 2.24) is 14.9 Å². The van der Waals surface area contributed by atoms with Gasteiger partial charge in [-0.1, -0.05) is 11.6 Å². The van der Waals surface area contributed by atoms with E-state index in [1.54, 1.807) is 12.3 Å². The lowest BCUT2D eigenvalue weighted by Crippen LogP contribution is -2.49. The minimum absolute atomic E-state index is 0.259. The topological polar surface area (TPSA) is 71.5 Å². The molecule has 1 saturated carbocycles. The van der Waals surface area contributed by atoms with Gasteiger partial charge in [0, 0.05) is 50.0 Å². The molecule has 9 heteroatoms. The Balaban J connectivity index is 1.22. The van der Waals surface area contributed by atoms with Crippen LogP contribution >= 0.6 is 11.6 Å². The second-order valence-electron chi connectivity index (χ2n) is 9.94. The van der Waals surface area contributed by atoms with Crippen molar-refractivity contribution in [2.24, 2.45) is 5.92 Å². The van der Waals surface area contributed by atoms with E-state index in [0.717, 1.165) is 76.1 Å². The normalized spacial score (nSPS) is 25.3. The van der Waals surface area contributed by atoms with Crippen molar-refractivity contribution < 1.29 is 13.9 Å². The number of nitrogens with zero attached hydrogens (tertiary/aromatic N) is 3. The van der Waals surface area contributed by atoms with Gasteiger partial charge in [0.15, 0.2) is 11.6 Å². The van der Waals surface area contributed by atoms with Crippen LogP contribution in [0.1, 0.15) is 44.9 Å². The Morgan fingerprint density at radius 1 is 1.09 bits per heavy atom. The summed E-state index contributed by atoms with van der Waals surface area (Å²) >= 11 is 6.49. The van der Waals surface area contributed by atoms with Gasteiger partial charge in [-0.05, 0) is 69.7 Å². The van der Waals surface area contributed by atoms with Crippen LogP contribution in [-0.4, -0.2) is 66.6 Å². The standard InChI is InChI=1S/C26H35ClFN5O2/c1-33(25-10-13-35-25)19-4-2-18(3-5-19)31-24-14-20(21(27)16-29-24)23-7-6-22(28)26(32-23)30-15-17-8-11-34-12-9-17/h6-7,14,16-19,25H,2-5,8-13,15H2,1H3,(H,29,31)(H,30,32). The second-order valence-corrected chi connectivity index (χ2v) is 10.3. The molecule has 2 aromatic rings. The van der Waals surface area contributed by atoms with Crippen LogP contribution in [0.4, 0.5) is 16.0 Å². The summed E-state index contributed by atoms with van der Waals surface area (Å²) in [5, 5.41) is 7.27. The van der Waals surface area contributed by atoms with E-state index in [1.807, 2.05) is 6.07 Å². The van der Waals surface area contributed by atoms with E-state index in [9.17, 15) is 4.39 Å². The number of ether oxygens (including phenoxy) is 2. The lowest BCUT2D eigenvalue weighted by atomic mass is 9.90. The molecule has 0 spiro atoms. The van der Waals surface area contributed by atoms with Crippen LogP contribution in [0.25, 0.3) is 11.3 Å². The smallest absolute Gasteiger partial charge is 0.165 e. The van der Waals surface area contributed by atoms with Crippen molar-refractivity contribution in [3.63, 3.8) is 0 Å². The van der Waals surface area contributed by atoms with E-state index < -0.39 is 0 Å². The molecule has 0 aromatic carbocycles. The number of aromatic nitrogens is 2. The summed E-state index contributed by atoms with van der Waals surface area (Å²) in [6.07, 6.45) is 9.46. The highest BCUT2D eigenvalue weighted by molar-refractivity contribution is 6.33. The zero-order valence-corrected chi connectivity index (χ0v) is 21.1. The number of anilines is 2. The van der Waals surface area contributed by atoms with E-state index in [-0.39, 0.29) is 11.6 Å². The average Bonchev–Trinajstić information content (AvgIpc) is 2.85. The van der Waals surface area contributed by atoms with Crippen LogP contribution in [0.15, 0.2) is 24.4 Å². The maximum Gasteiger partial charge on any atom is 0.165 e. The van der Waals surface area contributed by atoms with E-state index in [2.05, 4.69) is 32.5 Å². The van der Waals surface area contributed by atoms with Crippen LogP contribution in [0.3, 0.4) is 0 Å². The van der Waals surface area contributed by atoms with Gasteiger partial charge in [0.2, 0.25) is 0 Å². The van der Waals surface area contributed by atoms with Crippen LogP contribution in [-0.2, 0) is 9.47 Å². The van der Waals surface area contributed by atoms with Crippen LogP contribution in [0.5, 0.6) is 0 Å². The summed E-state index contributed by atoms with van der Waals surface area (Å²) in [5.74, 6) is 1.13. The molecule has 3 fully saturated rings. The monoisotopic (exact) mass is 503 g/mol. The Bertz CT molecular complexity index is 994. The Labute approximate surface area is 211 Å². The third kappa shape index (κ3) is 6.05. The molecule has 1 aliphatic carbocycles. The Morgan fingerprint density at radius 2 is 1.86 bits per heavy atom. The zero-order valence-electron chi connectivity index (χ0n) is 20.3. The molecule has 190 valence electrons. The zero-order chi connectivity index (χ0) is 24.2. The van der Waals surface area contributed by atoms with Crippen molar-refractivity contribution in [3.05, 3.63) is 35.2 Å². The van der Waals surface area contributed by atoms with Crippen molar-refractivity contribution in [2.45, 2.75) is 63.3 Å². The second kappa shape index (κ2) is 11.4. The first kappa shape index (κ1) is 24.7. The van der Waals surface area contributed by atoms with Gasteiger partial charge in [-0.3, -0.25) is 4.90 Å². The van der Waals surface area contributed by atoms with E-state index in [0.29, 0.717) is 41.5 Å². The molecule has 2 aliphatic heterocycles. The minimum Gasteiger partial charge on any atom is -0.381 e. The minimum atomic E-state index is -0.363. The van der Waals surface area contributed by atoms with Gasteiger partial charge in [-0.15, -0.1) is 0 Å². The molecule has 1 atom stereocenters. The lowest BCUT2D eigenvalue weighted by molar-refractivity contribution is -0.151. The molecule has 2 saturated heterocycles. The summed E-state index contributed by atoms with van der Waals surface area (Å²) in [6, 6.07) is 5.97. The van der Waals surface area contributed by atoms with Crippen molar-refractivity contribution in [2.75, 3.05) is 44.0 Å². The summed E-state index contributed by atoms with van der Waals surface area (Å²) in [6.45, 7) is 3.08. The Morgan fingerprint density at radius 3 is 2.57 bits per heavy atom. The maximum atomic E-state index is 14.5. The highest BCUT2D eigenvalue weighted by atomic mass is 35.5. The Hall–Kier alpha value is -2.00. The fourth-order valence-electron chi connectivity index (χ4n) is 5.24. The van der Waals surface area contributed by atoms with E-state index in [4.69, 9.17) is 21.1 Å². The third-order valence-electron chi connectivity index (χ3n) is 7.63. The van der Waals surface area contributed by atoms with Gasteiger partial charge in [-0.25, -0.2) is 14.4 Å². The molecule has 7 nitrogen and oxygen atoms in total. The fraction of sp³-hybridized carbons (Fsp3) is 0.615. The van der Waals surface area contributed by atoms with Gasteiger partial charge in [0.1, 0.15) is 12.0 Å². The molecule has 0 radical (unpaired) electrons. The first-order chi connectivity index (χ1) is 17.1. The molecule has 2 aromatic heterocycles. The highest BCUT2D eigenvalue weighted by Gasteiger charge is 2.31. The molecule has 3 aliphatic rings. The molecule has 0 amide bonds. The predicted molar refractivity (Wildman–Crippen MR) is 136 cm³/mol. The number of pyridine rings is 2. The van der Waals surface area contributed by atoms with Gasteiger partial charge >= 0.3 is 0 Å². The molecular formula is C26H35ClFN5O2. The molecule has 5 rings (SSSR count). The fourth-order valence-corrected chi connectivity index (χ4v) is 5.44. The molecule has 1 unspecified atom stereocenters. The average molecular weight is 504 g/mol. The summed E-state index contributed by atoms with van der Waals surface area (Å²) in [7, 11) is 2.18. The number of hydrogen-bond donors (Lipinski definition) is 2. The quantitative estimate of drug-likeness (QED) is 0.514. The van der Waals surface area contributed by atoms with Gasteiger partial charge < -0.3 is 20.1 Å². The Kier molecular flexibility index (Phi) is 8.02.